The Kier molecular flexibility index (Phi) is 6.33. The van der Waals surface area contributed by atoms with Crippen LogP contribution in [0.15, 0.2) is 66.9 Å². The average Bonchev–Trinajstić information content (AvgIpc) is 3.16. The quantitative estimate of drug-likeness (QED) is 0.351. The molecule has 0 fully saturated rings. The van der Waals surface area contributed by atoms with Crippen molar-refractivity contribution in [1.29, 1.82) is 0 Å². The minimum atomic E-state index is -0.384. The molecule has 174 valence electrons. The van der Waals surface area contributed by atoms with E-state index in [1.807, 2.05) is 18.2 Å². The lowest BCUT2D eigenvalue weighted by molar-refractivity contribution is 0.0600. The summed E-state index contributed by atoms with van der Waals surface area (Å²) in [6.07, 6.45) is 1.58. The molecule has 3 aromatic heterocycles. The number of esters is 1. The van der Waals surface area contributed by atoms with Gasteiger partial charge in [-0.1, -0.05) is 45.0 Å². The summed E-state index contributed by atoms with van der Waals surface area (Å²) in [6.45, 7) is 10.7. The standard InChI is InChI=1S/C28H30N4O2/c1-18-7-8-19(2)32(18)25-16-15-23(30-31-25)20-9-11-21(12-10-20)26(28(3,4)5)24-14-13-22(17-29-24)27(33)34-6/h7-17,26H,1-6H3. The molecule has 0 aliphatic rings. The van der Waals surface area contributed by atoms with E-state index >= 15 is 0 Å². The van der Waals surface area contributed by atoms with E-state index in [2.05, 4.69) is 90.8 Å². The van der Waals surface area contributed by atoms with Gasteiger partial charge < -0.3 is 9.30 Å². The molecule has 0 spiro atoms. The van der Waals surface area contributed by atoms with E-state index in [4.69, 9.17) is 4.74 Å². The zero-order valence-corrected chi connectivity index (χ0v) is 20.5. The van der Waals surface area contributed by atoms with Gasteiger partial charge in [0, 0.05) is 34.8 Å². The maximum atomic E-state index is 11.8. The third-order valence-electron chi connectivity index (χ3n) is 6.06. The second-order valence-corrected chi connectivity index (χ2v) is 9.61. The highest BCUT2D eigenvalue weighted by Gasteiger charge is 2.29. The number of nitrogens with zero attached hydrogens (tertiary/aromatic N) is 4. The van der Waals surface area contributed by atoms with Gasteiger partial charge in [0.1, 0.15) is 0 Å². The van der Waals surface area contributed by atoms with Gasteiger partial charge in [0.25, 0.3) is 0 Å². The summed E-state index contributed by atoms with van der Waals surface area (Å²) in [5.74, 6) is 0.487. The molecule has 1 atom stereocenters. The Bertz CT molecular complexity index is 1260. The predicted octanol–water partition coefficient (Wildman–Crippen LogP) is 5.91. The van der Waals surface area contributed by atoms with E-state index in [-0.39, 0.29) is 17.3 Å². The number of benzene rings is 1. The molecule has 4 aromatic rings. The monoisotopic (exact) mass is 454 g/mol. The van der Waals surface area contributed by atoms with Crippen molar-refractivity contribution in [2.45, 2.75) is 40.5 Å². The van der Waals surface area contributed by atoms with E-state index in [0.717, 1.165) is 39.7 Å². The van der Waals surface area contributed by atoms with Gasteiger partial charge in [-0.3, -0.25) is 4.98 Å². The van der Waals surface area contributed by atoms with Crippen LogP contribution >= 0.6 is 0 Å². The van der Waals surface area contributed by atoms with Gasteiger partial charge in [-0.15, -0.1) is 10.2 Å². The molecule has 0 aliphatic heterocycles. The summed E-state index contributed by atoms with van der Waals surface area (Å²) in [6, 6.07) is 20.2. The first kappa shape index (κ1) is 23.4. The van der Waals surface area contributed by atoms with Crippen molar-refractivity contribution < 1.29 is 9.53 Å². The molecule has 0 saturated carbocycles. The second-order valence-electron chi connectivity index (χ2n) is 9.61. The molecule has 1 aromatic carbocycles. The lowest BCUT2D eigenvalue weighted by Crippen LogP contribution is -2.21. The summed E-state index contributed by atoms with van der Waals surface area (Å²) >= 11 is 0. The summed E-state index contributed by atoms with van der Waals surface area (Å²) in [7, 11) is 1.37. The molecule has 0 bridgehead atoms. The average molecular weight is 455 g/mol. The van der Waals surface area contributed by atoms with Crippen LogP contribution in [-0.2, 0) is 4.74 Å². The molecule has 1 unspecified atom stereocenters. The molecule has 4 rings (SSSR count). The number of aryl methyl sites for hydroxylation is 2. The molecule has 6 nitrogen and oxygen atoms in total. The lowest BCUT2D eigenvalue weighted by atomic mass is 9.74. The molecular formula is C28H30N4O2. The fraction of sp³-hybridized carbons (Fsp3) is 0.286. The van der Waals surface area contributed by atoms with Crippen molar-refractivity contribution in [2.75, 3.05) is 7.11 Å². The summed E-state index contributed by atoms with van der Waals surface area (Å²) < 4.78 is 6.88. The van der Waals surface area contributed by atoms with Gasteiger partial charge in [0.2, 0.25) is 0 Å². The molecule has 0 N–H and O–H groups in total. The minimum absolute atomic E-state index is 0.0569. The minimum Gasteiger partial charge on any atom is -0.465 e. The van der Waals surface area contributed by atoms with E-state index in [1.165, 1.54) is 7.11 Å². The van der Waals surface area contributed by atoms with Gasteiger partial charge in [-0.25, -0.2) is 4.79 Å². The van der Waals surface area contributed by atoms with Gasteiger partial charge in [-0.05, 0) is 61.2 Å². The number of carbonyl (C=O) groups is 1. The highest BCUT2D eigenvalue weighted by atomic mass is 16.5. The van der Waals surface area contributed by atoms with Gasteiger partial charge >= 0.3 is 5.97 Å². The number of hydrogen-bond acceptors (Lipinski definition) is 5. The Morgan fingerprint density at radius 1 is 0.882 bits per heavy atom. The Hall–Kier alpha value is -3.80. The Morgan fingerprint density at radius 3 is 2.06 bits per heavy atom. The topological polar surface area (TPSA) is 69.9 Å². The maximum Gasteiger partial charge on any atom is 0.339 e. The van der Waals surface area contributed by atoms with Crippen LogP contribution in [0.1, 0.15) is 59.7 Å². The first-order chi connectivity index (χ1) is 16.2. The number of aromatic nitrogens is 4. The Balaban J connectivity index is 1.61. The van der Waals surface area contributed by atoms with Crippen molar-refractivity contribution in [3.05, 3.63) is 95.1 Å². The van der Waals surface area contributed by atoms with Gasteiger partial charge in [-0.2, -0.15) is 0 Å². The number of ether oxygens (including phenoxy) is 1. The van der Waals surface area contributed by atoms with Crippen molar-refractivity contribution in [1.82, 2.24) is 19.7 Å². The Labute approximate surface area is 200 Å². The van der Waals surface area contributed by atoms with Crippen LogP contribution in [0.2, 0.25) is 0 Å². The number of hydrogen-bond donors (Lipinski definition) is 0. The fourth-order valence-corrected chi connectivity index (χ4v) is 4.40. The number of methoxy groups -OCH3 is 1. The van der Waals surface area contributed by atoms with Gasteiger partial charge in [0.05, 0.1) is 18.4 Å². The van der Waals surface area contributed by atoms with Gasteiger partial charge in [0.15, 0.2) is 5.82 Å². The summed E-state index contributed by atoms with van der Waals surface area (Å²) in [5, 5.41) is 8.93. The molecule has 6 heteroatoms. The second kappa shape index (κ2) is 9.21. The van der Waals surface area contributed by atoms with E-state index < -0.39 is 0 Å². The highest BCUT2D eigenvalue weighted by molar-refractivity contribution is 5.88. The molecule has 0 saturated heterocycles. The number of pyridine rings is 1. The third kappa shape index (κ3) is 4.62. The van der Waals surface area contributed by atoms with E-state index in [0.29, 0.717) is 5.56 Å². The van der Waals surface area contributed by atoms with Crippen LogP contribution in [0.3, 0.4) is 0 Å². The van der Waals surface area contributed by atoms with Crippen molar-refractivity contribution >= 4 is 5.97 Å². The predicted molar refractivity (Wildman–Crippen MR) is 133 cm³/mol. The largest absolute Gasteiger partial charge is 0.465 e. The van der Waals surface area contributed by atoms with Crippen molar-refractivity contribution in [2.24, 2.45) is 5.41 Å². The third-order valence-corrected chi connectivity index (χ3v) is 6.06. The zero-order chi connectivity index (χ0) is 24.5. The van der Waals surface area contributed by atoms with Crippen LogP contribution < -0.4 is 0 Å². The zero-order valence-electron chi connectivity index (χ0n) is 20.5. The lowest BCUT2D eigenvalue weighted by Gasteiger charge is -2.31. The van der Waals surface area contributed by atoms with Crippen LogP contribution in [0, 0.1) is 19.3 Å². The fourth-order valence-electron chi connectivity index (χ4n) is 4.40. The van der Waals surface area contributed by atoms with Crippen LogP contribution in [0.25, 0.3) is 17.1 Å². The molecule has 34 heavy (non-hydrogen) atoms. The molecular weight excluding hydrogens is 424 g/mol. The highest BCUT2D eigenvalue weighted by Crippen LogP contribution is 2.40. The molecule has 3 heterocycles. The molecule has 0 aliphatic carbocycles. The summed E-state index contributed by atoms with van der Waals surface area (Å²) in [5.41, 5.74) is 6.52. The normalized spacial score (nSPS) is 12.4. The number of rotatable bonds is 5. The van der Waals surface area contributed by atoms with Crippen molar-refractivity contribution in [3.63, 3.8) is 0 Å². The van der Waals surface area contributed by atoms with Crippen LogP contribution in [0.4, 0.5) is 0 Å². The SMILES string of the molecule is COC(=O)c1ccc(C(c2ccc(-c3ccc(-n4c(C)ccc4C)nn3)cc2)C(C)(C)C)nc1. The summed E-state index contributed by atoms with van der Waals surface area (Å²) in [4.78, 5) is 16.4. The van der Waals surface area contributed by atoms with Crippen LogP contribution in [-0.4, -0.2) is 32.8 Å². The smallest absolute Gasteiger partial charge is 0.339 e. The first-order valence-electron chi connectivity index (χ1n) is 11.3. The molecule has 0 amide bonds. The number of carbonyl (C=O) groups excluding carboxylic acids is 1. The first-order valence-corrected chi connectivity index (χ1v) is 11.3. The molecule has 0 radical (unpaired) electrons. The maximum absolute atomic E-state index is 11.8. The Morgan fingerprint density at radius 2 is 1.56 bits per heavy atom. The van der Waals surface area contributed by atoms with E-state index in [1.54, 1.807) is 12.3 Å². The van der Waals surface area contributed by atoms with Crippen molar-refractivity contribution in [3.8, 4) is 17.1 Å². The van der Waals surface area contributed by atoms with E-state index in [9.17, 15) is 4.79 Å². The van der Waals surface area contributed by atoms with Crippen LogP contribution in [0.5, 0.6) is 0 Å².